The first-order valence-electron chi connectivity index (χ1n) is 21.0. The van der Waals surface area contributed by atoms with Gasteiger partial charge in [-0.3, -0.25) is 0 Å². The highest BCUT2D eigenvalue weighted by molar-refractivity contribution is 6.69. The van der Waals surface area contributed by atoms with Gasteiger partial charge in [0.1, 0.15) is 60.5 Å². The molecule has 0 amide bonds. The number of furan rings is 1. The first kappa shape index (κ1) is 38.5. The van der Waals surface area contributed by atoms with Crippen molar-refractivity contribution >= 4 is 159 Å². The molecule has 14 radical (unpaired) electrons. The molecule has 12 aromatic rings. The molecule has 280 valence electrons. The monoisotopic (exact) mass is 796 g/mol. The molecule has 0 spiro atoms. The summed E-state index contributed by atoms with van der Waals surface area (Å²) in [6, 6.07) is 56.1. The highest BCUT2D eigenvalue weighted by atomic mass is 16.3. The highest BCUT2D eigenvalue weighted by Crippen LogP contribution is 2.41. The van der Waals surface area contributed by atoms with Gasteiger partial charge in [0, 0.05) is 49.2 Å². The molecule has 3 heterocycles. The highest BCUT2D eigenvalue weighted by Gasteiger charge is 2.26. The van der Waals surface area contributed by atoms with Crippen molar-refractivity contribution in [2.75, 3.05) is 0 Å². The van der Waals surface area contributed by atoms with Crippen LogP contribution in [-0.2, 0) is 0 Å². The van der Waals surface area contributed by atoms with Crippen LogP contribution < -0.4 is 38.2 Å². The second-order valence-corrected chi connectivity index (χ2v) is 16.4. The quantitative estimate of drug-likeness (QED) is 0.187. The van der Waals surface area contributed by atoms with Crippen LogP contribution in [0.4, 0.5) is 0 Å². The van der Waals surface area contributed by atoms with E-state index in [2.05, 4.69) is 108 Å². The lowest BCUT2D eigenvalue weighted by molar-refractivity contribution is 0.666. The number of hydrogen-bond acceptors (Lipinski definition) is 1. The lowest BCUT2D eigenvalue weighted by Gasteiger charge is -2.19. The summed E-state index contributed by atoms with van der Waals surface area (Å²) < 4.78 is 10.8. The van der Waals surface area contributed by atoms with Crippen LogP contribution in [0.15, 0.2) is 168 Å². The third-order valence-corrected chi connectivity index (χ3v) is 12.9. The van der Waals surface area contributed by atoms with Gasteiger partial charge >= 0.3 is 0 Å². The summed E-state index contributed by atoms with van der Waals surface area (Å²) in [6.45, 7) is 0. The fourth-order valence-corrected chi connectivity index (χ4v) is 9.93. The van der Waals surface area contributed by atoms with Crippen molar-refractivity contribution in [3.05, 3.63) is 164 Å². The van der Waals surface area contributed by atoms with Crippen LogP contribution >= 0.6 is 0 Å². The average molecular weight is 796 g/mol. The maximum Gasteiger partial charge on any atom is 0.159 e. The van der Waals surface area contributed by atoms with E-state index in [1.807, 2.05) is 65.2 Å². The Bertz CT molecular complexity index is 3910. The number of benzene rings is 9. The van der Waals surface area contributed by atoms with E-state index in [9.17, 15) is 0 Å². The number of fused-ring (bicyclic) bond motifs is 9. The van der Waals surface area contributed by atoms with Crippen LogP contribution in [0.1, 0.15) is 0 Å². The van der Waals surface area contributed by atoms with E-state index >= 15 is 0 Å². The molecule has 0 aliphatic heterocycles. The van der Waals surface area contributed by atoms with Gasteiger partial charge in [-0.25, -0.2) is 0 Å². The number of nitrogens with zero attached hydrogens (tertiary/aromatic N) is 2. The van der Waals surface area contributed by atoms with Crippen LogP contribution in [0.25, 0.3) is 110 Å². The number of rotatable bonds is 5. The van der Waals surface area contributed by atoms with E-state index in [1.165, 1.54) is 0 Å². The van der Waals surface area contributed by atoms with E-state index in [0.717, 1.165) is 71.7 Å². The van der Waals surface area contributed by atoms with E-state index in [1.54, 1.807) is 0 Å². The second kappa shape index (κ2) is 14.4. The molecule has 3 nitrogen and oxygen atoms in total. The number of aromatic nitrogens is 2. The fraction of sp³-hybridized carbons (Fsp3) is 0. The Balaban J connectivity index is 1.14. The molecule has 3 aromatic heterocycles. The van der Waals surface area contributed by atoms with Gasteiger partial charge in [0.15, 0.2) is 5.58 Å². The standard InChI is InChI=1S/C54H27B7N2O/c55-44-41(45(56)49(60)52-42(44)43-46(57)47(58)48(59)50(61)53(43)63(52)39-19-10-18-36-34-15-7-8-20-40(34)64-54(36)39)31-23-26-38-37(27-31)35-17-9-16-33(30-13-5-2-6-14-30)51(35)62(38)32-24-21-29(22-25-32)28-11-3-1-4-12-28/h1-27H. The topological polar surface area (TPSA) is 23.0 Å². The van der Waals surface area contributed by atoms with Gasteiger partial charge in [0.05, 0.1) is 16.7 Å². The molecule has 64 heavy (non-hydrogen) atoms. The van der Waals surface area contributed by atoms with Gasteiger partial charge in [-0.1, -0.05) is 155 Å². The van der Waals surface area contributed by atoms with Gasteiger partial charge in [0.2, 0.25) is 0 Å². The molecule has 10 heteroatoms. The minimum absolute atomic E-state index is 0.155. The van der Waals surface area contributed by atoms with Crippen molar-refractivity contribution in [2.45, 2.75) is 0 Å². The molecule has 0 fully saturated rings. The third-order valence-electron chi connectivity index (χ3n) is 12.9. The van der Waals surface area contributed by atoms with Crippen molar-refractivity contribution in [1.29, 1.82) is 0 Å². The normalized spacial score (nSPS) is 11.9. The van der Waals surface area contributed by atoms with Gasteiger partial charge in [-0.2, -0.15) is 0 Å². The molecule has 0 unspecified atom stereocenters. The summed E-state index contributed by atoms with van der Waals surface area (Å²) in [6.07, 6.45) is 0. The Morgan fingerprint density at radius 3 is 1.69 bits per heavy atom. The summed E-state index contributed by atoms with van der Waals surface area (Å²) in [5.41, 5.74) is 13.7. The molecule has 0 bridgehead atoms. The molecule has 0 N–H and O–H groups in total. The third kappa shape index (κ3) is 5.45. The van der Waals surface area contributed by atoms with Crippen molar-refractivity contribution in [1.82, 2.24) is 9.13 Å². The average Bonchev–Trinajstić information content (AvgIpc) is 4.01. The zero-order valence-electron chi connectivity index (χ0n) is 34.4. The van der Waals surface area contributed by atoms with Gasteiger partial charge in [-0.15, -0.1) is 10.9 Å². The minimum atomic E-state index is 0.155. The number of para-hydroxylation sites is 3. The van der Waals surface area contributed by atoms with E-state index < -0.39 is 0 Å². The summed E-state index contributed by atoms with van der Waals surface area (Å²) >= 11 is 0. The molecule has 0 saturated carbocycles. The second-order valence-electron chi connectivity index (χ2n) is 16.4. The van der Waals surface area contributed by atoms with Crippen LogP contribution in [0.2, 0.25) is 0 Å². The molecule has 0 aliphatic rings. The summed E-state index contributed by atoms with van der Waals surface area (Å²) in [5, 5.41) is 5.00. The molecule has 12 rings (SSSR count). The molecule has 0 atom stereocenters. The van der Waals surface area contributed by atoms with Gasteiger partial charge < -0.3 is 13.6 Å². The zero-order valence-corrected chi connectivity index (χ0v) is 34.4. The maximum absolute atomic E-state index is 7.43. The molecule has 0 saturated heterocycles. The Hall–Kier alpha value is -7.17. The van der Waals surface area contributed by atoms with E-state index in [0.29, 0.717) is 49.6 Å². The van der Waals surface area contributed by atoms with E-state index in [-0.39, 0.29) is 27.3 Å². The van der Waals surface area contributed by atoms with Crippen LogP contribution in [0.5, 0.6) is 0 Å². The van der Waals surface area contributed by atoms with Crippen LogP contribution in [0, 0.1) is 0 Å². The largest absolute Gasteiger partial charge is 0.454 e. The predicted molar refractivity (Wildman–Crippen MR) is 276 cm³/mol. The van der Waals surface area contributed by atoms with Crippen molar-refractivity contribution in [3.8, 4) is 44.8 Å². The first-order valence-corrected chi connectivity index (χ1v) is 21.0. The first-order chi connectivity index (χ1) is 31.2. The SMILES string of the molecule is [B]c1c([B])c([B])c2c(c1[B])c1c([B])c(-c3ccc4c(c3)c3cccc(-c5ccccc5)c3n4-c3ccc(-c4ccccc4)cc3)c([B])c([B])c1n2-c1cccc2c1oc1ccccc12. The lowest BCUT2D eigenvalue weighted by atomic mass is 9.64. The van der Waals surface area contributed by atoms with Crippen molar-refractivity contribution < 1.29 is 4.42 Å². The Labute approximate surface area is 379 Å². The van der Waals surface area contributed by atoms with E-state index in [4.69, 9.17) is 59.3 Å². The fourth-order valence-electron chi connectivity index (χ4n) is 9.93. The van der Waals surface area contributed by atoms with Crippen LogP contribution in [0.3, 0.4) is 0 Å². The Kier molecular flexibility index (Phi) is 8.69. The summed E-state index contributed by atoms with van der Waals surface area (Å²) in [5.74, 6) is 0. The summed E-state index contributed by atoms with van der Waals surface area (Å²) in [4.78, 5) is 0. The van der Waals surface area contributed by atoms with Gasteiger partial charge in [0.25, 0.3) is 0 Å². The Morgan fingerprint density at radius 2 is 0.938 bits per heavy atom. The minimum Gasteiger partial charge on any atom is -0.454 e. The lowest BCUT2D eigenvalue weighted by Crippen LogP contribution is -2.48. The van der Waals surface area contributed by atoms with Crippen LogP contribution in [-0.4, -0.2) is 64.1 Å². The summed E-state index contributed by atoms with van der Waals surface area (Å²) in [7, 11) is 49.0. The molecular formula is C54H27B7N2O. The van der Waals surface area contributed by atoms with Crippen molar-refractivity contribution in [3.63, 3.8) is 0 Å². The smallest absolute Gasteiger partial charge is 0.159 e. The maximum atomic E-state index is 7.43. The molecule has 0 aliphatic carbocycles. The Morgan fingerprint density at radius 1 is 0.359 bits per heavy atom. The zero-order chi connectivity index (χ0) is 43.5. The molecular weight excluding hydrogens is 768 g/mol. The predicted octanol–water partition coefficient (Wildman–Crippen LogP) is 6.34. The molecule has 9 aromatic carbocycles. The number of hydrogen-bond donors (Lipinski definition) is 0. The van der Waals surface area contributed by atoms with Gasteiger partial charge in [-0.05, 0) is 69.6 Å². The van der Waals surface area contributed by atoms with Crippen molar-refractivity contribution in [2.24, 2.45) is 0 Å².